The maximum absolute atomic E-state index is 6.07. The Morgan fingerprint density at radius 1 is 0.920 bits per heavy atom. The van der Waals surface area contributed by atoms with Crippen molar-refractivity contribution in [2.75, 3.05) is 11.5 Å². The summed E-state index contributed by atoms with van der Waals surface area (Å²) in [5.74, 6) is 0.538. The molecule has 25 heavy (non-hydrogen) atoms. The van der Waals surface area contributed by atoms with E-state index in [0.717, 1.165) is 22.2 Å². The summed E-state index contributed by atoms with van der Waals surface area (Å²) in [6.45, 7) is 0. The van der Waals surface area contributed by atoms with E-state index in [0.29, 0.717) is 22.8 Å². The van der Waals surface area contributed by atoms with Gasteiger partial charge in [-0.25, -0.2) is 9.97 Å². The molecule has 0 atom stereocenters. The summed E-state index contributed by atoms with van der Waals surface area (Å²) in [6.07, 6.45) is 3.82. The third kappa shape index (κ3) is 2.79. The molecule has 2 aromatic heterocycles. The second kappa shape index (κ2) is 6.45. The Kier molecular flexibility index (Phi) is 4.33. The van der Waals surface area contributed by atoms with Crippen LogP contribution < -0.4 is 11.5 Å². The normalized spacial score (nSPS) is 10.6. The lowest BCUT2D eigenvalue weighted by molar-refractivity contribution is 0.969. The number of halogens is 1. The van der Waals surface area contributed by atoms with Crippen molar-refractivity contribution in [3.63, 3.8) is 0 Å². The molecule has 4 rings (SSSR count). The SMILES string of the molecule is Cl.Cn1cc(-c2ccnc(-c3c(N)cccc3N)n2)c2ccccc21. The predicted molar refractivity (Wildman–Crippen MR) is 105 cm³/mol. The minimum atomic E-state index is 0. The molecule has 2 aromatic carbocycles. The lowest BCUT2D eigenvalue weighted by atomic mass is 10.1. The molecule has 0 saturated heterocycles. The van der Waals surface area contributed by atoms with E-state index in [1.165, 1.54) is 0 Å². The van der Waals surface area contributed by atoms with Crippen LogP contribution in [0.5, 0.6) is 0 Å². The van der Waals surface area contributed by atoms with E-state index in [4.69, 9.17) is 16.5 Å². The Labute approximate surface area is 151 Å². The monoisotopic (exact) mass is 351 g/mol. The molecule has 0 aliphatic carbocycles. The van der Waals surface area contributed by atoms with E-state index >= 15 is 0 Å². The molecule has 6 heteroatoms. The first-order valence-corrected chi connectivity index (χ1v) is 7.67. The zero-order valence-corrected chi connectivity index (χ0v) is 14.5. The third-order valence-corrected chi connectivity index (χ3v) is 4.18. The van der Waals surface area contributed by atoms with Gasteiger partial charge in [-0.3, -0.25) is 0 Å². The molecule has 0 saturated carbocycles. The largest absolute Gasteiger partial charge is 0.398 e. The van der Waals surface area contributed by atoms with Crippen molar-refractivity contribution in [1.82, 2.24) is 14.5 Å². The summed E-state index contributed by atoms with van der Waals surface area (Å²) in [5, 5.41) is 1.15. The van der Waals surface area contributed by atoms with Crippen LogP contribution in [0.3, 0.4) is 0 Å². The van der Waals surface area contributed by atoms with Gasteiger partial charge in [-0.2, -0.15) is 0 Å². The van der Waals surface area contributed by atoms with Gasteiger partial charge in [0.25, 0.3) is 0 Å². The van der Waals surface area contributed by atoms with Crippen molar-refractivity contribution in [2.45, 2.75) is 0 Å². The maximum atomic E-state index is 6.07. The predicted octanol–water partition coefficient (Wildman–Crippen LogP) is 3.89. The fraction of sp³-hybridized carbons (Fsp3) is 0.0526. The van der Waals surface area contributed by atoms with Gasteiger partial charge >= 0.3 is 0 Å². The van der Waals surface area contributed by atoms with E-state index in [1.54, 1.807) is 18.3 Å². The van der Waals surface area contributed by atoms with Crippen LogP contribution in [0.1, 0.15) is 0 Å². The van der Waals surface area contributed by atoms with Gasteiger partial charge in [0.2, 0.25) is 0 Å². The Balaban J connectivity index is 0.00000182. The van der Waals surface area contributed by atoms with Crippen molar-refractivity contribution in [3.8, 4) is 22.6 Å². The minimum absolute atomic E-state index is 0. The number of nitrogens with zero attached hydrogens (tertiary/aromatic N) is 3. The number of para-hydroxylation sites is 1. The summed E-state index contributed by atoms with van der Waals surface area (Å²) in [5.41, 5.74) is 17.0. The summed E-state index contributed by atoms with van der Waals surface area (Å²) in [6, 6.07) is 15.6. The van der Waals surface area contributed by atoms with Gasteiger partial charge in [0, 0.05) is 47.3 Å². The molecule has 0 fully saturated rings. The smallest absolute Gasteiger partial charge is 0.163 e. The van der Waals surface area contributed by atoms with Crippen LogP contribution in [0.15, 0.2) is 60.9 Å². The number of rotatable bonds is 2. The first-order valence-electron chi connectivity index (χ1n) is 7.67. The van der Waals surface area contributed by atoms with E-state index in [2.05, 4.69) is 27.9 Å². The topological polar surface area (TPSA) is 82.8 Å². The van der Waals surface area contributed by atoms with Crippen molar-refractivity contribution in [1.29, 1.82) is 0 Å². The Bertz CT molecular complexity index is 1030. The average Bonchev–Trinajstić information content (AvgIpc) is 2.93. The summed E-state index contributed by atoms with van der Waals surface area (Å²) in [7, 11) is 2.03. The number of aromatic nitrogens is 3. The fourth-order valence-corrected chi connectivity index (χ4v) is 3.02. The molecule has 5 nitrogen and oxygen atoms in total. The molecule has 126 valence electrons. The van der Waals surface area contributed by atoms with Gasteiger partial charge in [0.15, 0.2) is 5.82 Å². The van der Waals surface area contributed by atoms with Crippen molar-refractivity contribution < 1.29 is 0 Å². The highest BCUT2D eigenvalue weighted by atomic mass is 35.5. The highest BCUT2D eigenvalue weighted by molar-refractivity contribution is 5.95. The number of fused-ring (bicyclic) bond motifs is 1. The highest BCUT2D eigenvalue weighted by Gasteiger charge is 2.13. The van der Waals surface area contributed by atoms with E-state index in [9.17, 15) is 0 Å². The Morgan fingerprint density at radius 3 is 2.40 bits per heavy atom. The zero-order chi connectivity index (χ0) is 16.7. The van der Waals surface area contributed by atoms with Gasteiger partial charge < -0.3 is 16.0 Å². The lowest BCUT2D eigenvalue weighted by Crippen LogP contribution is -2.00. The molecular formula is C19H18ClN5. The Morgan fingerprint density at radius 2 is 1.64 bits per heavy atom. The second-order valence-corrected chi connectivity index (χ2v) is 5.75. The van der Waals surface area contributed by atoms with Crippen LogP contribution in [0.25, 0.3) is 33.5 Å². The van der Waals surface area contributed by atoms with E-state index in [1.807, 2.05) is 31.3 Å². The third-order valence-electron chi connectivity index (χ3n) is 4.18. The Hall–Kier alpha value is -3.05. The number of nitrogen functional groups attached to an aromatic ring is 2. The number of hydrogen-bond donors (Lipinski definition) is 2. The molecule has 0 amide bonds. The molecule has 0 radical (unpaired) electrons. The quantitative estimate of drug-likeness (QED) is 0.537. The van der Waals surface area contributed by atoms with Gasteiger partial charge in [0.1, 0.15) is 0 Å². The van der Waals surface area contributed by atoms with E-state index < -0.39 is 0 Å². The van der Waals surface area contributed by atoms with Crippen LogP contribution in [-0.2, 0) is 7.05 Å². The zero-order valence-electron chi connectivity index (χ0n) is 13.7. The average molecular weight is 352 g/mol. The van der Waals surface area contributed by atoms with Crippen molar-refractivity contribution >= 4 is 34.7 Å². The van der Waals surface area contributed by atoms with Crippen molar-refractivity contribution in [2.24, 2.45) is 7.05 Å². The molecule has 0 aliphatic rings. The number of anilines is 2. The summed E-state index contributed by atoms with van der Waals surface area (Å²) >= 11 is 0. The minimum Gasteiger partial charge on any atom is -0.398 e. The van der Waals surface area contributed by atoms with Crippen LogP contribution in [-0.4, -0.2) is 14.5 Å². The molecule has 0 bridgehead atoms. The standard InChI is InChI=1S/C19H17N5.ClH/c1-24-11-13(12-5-2-3-8-17(12)24)16-9-10-22-19(23-16)18-14(20)6-4-7-15(18)21;/h2-11H,20-21H2,1H3;1H. The van der Waals surface area contributed by atoms with Gasteiger partial charge in [-0.1, -0.05) is 24.3 Å². The number of benzene rings is 2. The van der Waals surface area contributed by atoms with Gasteiger partial charge in [0.05, 0.1) is 11.3 Å². The first kappa shape index (κ1) is 16.8. The van der Waals surface area contributed by atoms with E-state index in [-0.39, 0.29) is 12.4 Å². The molecule has 2 heterocycles. The first-order chi connectivity index (χ1) is 11.6. The van der Waals surface area contributed by atoms with Crippen molar-refractivity contribution in [3.05, 3.63) is 60.9 Å². The molecular weight excluding hydrogens is 334 g/mol. The number of hydrogen-bond acceptors (Lipinski definition) is 4. The van der Waals surface area contributed by atoms with Crippen LogP contribution in [0, 0.1) is 0 Å². The second-order valence-electron chi connectivity index (χ2n) is 5.75. The summed E-state index contributed by atoms with van der Waals surface area (Å²) < 4.78 is 2.09. The number of aryl methyl sites for hydroxylation is 1. The van der Waals surface area contributed by atoms with Crippen LogP contribution in [0.4, 0.5) is 11.4 Å². The fourth-order valence-electron chi connectivity index (χ4n) is 3.02. The molecule has 4 N–H and O–H groups in total. The molecule has 0 aliphatic heterocycles. The van der Waals surface area contributed by atoms with Crippen LogP contribution >= 0.6 is 12.4 Å². The number of nitrogens with two attached hydrogens (primary N) is 2. The maximum Gasteiger partial charge on any atom is 0.163 e. The van der Waals surface area contributed by atoms with Gasteiger partial charge in [-0.15, -0.1) is 12.4 Å². The lowest BCUT2D eigenvalue weighted by Gasteiger charge is -2.08. The van der Waals surface area contributed by atoms with Gasteiger partial charge in [-0.05, 0) is 24.3 Å². The van der Waals surface area contributed by atoms with Crippen LogP contribution in [0.2, 0.25) is 0 Å². The molecule has 4 aromatic rings. The molecule has 0 spiro atoms. The summed E-state index contributed by atoms with van der Waals surface area (Å²) in [4.78, 5) is 9.08. The molecule has 0 unspecified atom stereocenters. The highest BCUT2D eigenvalue weighted by Crippen LogP contribution is 2.32.